The van der Waals surface area contributed by atoms with Crippen LogP contribution in [0.4, 0.5) is 0 Å². The molecule has 1 saturated carbocycles. The average molecular weight is 311 g/mol. The molecule has 108 valence electrons. The van der Waals surface area contributed by atoms with Crippen molar-refractivity contribution in [3.63, 3.8) is 0 Å². The predicted molar refractivity (Wildman–Crippen MR) is 85.6 cm³/mol. The second kappa shape index (κ2) is 5.95. The summed E-state index contributed by atoms with van der Waals surface area (Å²) >= 11 is 12.2. The van der Waals surface area contributed by atoms with E-state index in [1.807, 2.05) is 12.1 Å². The largest absolute Gasteiger partial charge is 0.331 e. The minimum absolute atomic E-state index is 0.580. The Hall–Kier alpha value is -0.730. The van der Waals surface area contributed by atoms with Gasteiger partial charge in [-0.1, -0.05) is 55.3 Å². The lowest BCUT2D eigenvalue weighted by molar-refractivity contribution is 0.336. The lowest BCUT2D eigenvalue weighted by Crippen LogP contribution is -2.09. The molecule has 0 amide bonds. The van der Waals surface area contributed by atoms with Gasteiger partial charge in [0.25, 0.3) is 0 Å². The summed E-state index contributed by atoms with van der Waals surface area (Å²) in [7, 11) is 2.07. The van der Waals surface area contributed by atoms with E-state index >= 15 is 0 Å². The van der Waals surface area contributed by atoms with Crippen LogP contribution in [-0.4, -0.2) is 9.55 Å². The molecule has 0 saturated heterocycles. The highest BCUT2D eigenvalue weighted by molar-refractivity contribution is 6.42. The number of hydrogen-bond acceptors (Lipinski definition) is 1. The van der Waals surface area contributed by atoms with Crippen LogP contribution >= 0.6 is 23.2 Å². The van der Waals surface area contributed by atoms with Gasteiger partial charge in [0.2, 0.25) is 0 Å². The number of aromatic nitrogens is 2. The van der Waals surface area contributed by atoms with E-state index in [1.165, 1.54) is 38.5 Å². The normalized spacial score (nSPS) is 16.9. The first-order chi connectivity index (χ1) is 9.65. The summed E-state index contributed by atoms with van der Waals surface area (Å²) < 4.78 is 2.15. The highest BCUT2D eigenvalue weighted by Crippen LogP contribution is 2.30. The molecule has 1 aliphatic carbocycles. The van der Waals surface area contributed by atoms with Crippen molar-refractivity contribution < 1.29 is 0 Å². The van der Waals surface area contributed by atoms with Crippen molar-refractivity contribution in [1.29, 1.82) is 0 Å². The fourth-order valence-electron chi connectivity index (χ4n) is 3.27. The molecule has 20 heavy (non-hydrogen) atoms. The second-order valence-corrected chi connectivity index (χ2v) is 6.70. The number of hydrogen-bond donors (Lipinski definition) is 0. The lowest BCUT2D eigenvalue weighted by Gasteiger charge is -2.21. The topological polar surface area (TPSA) is 17.8 Å². The van der Waals surface area contributed by atoms with Gasteiger partial charge in [-0.3, -0.25) is 0 Å². The number of aryl methyl sites for hydroxylation is 2. The molecule has 0 N–H and O–H groups in total. The van der Waals surface area contributed by atoms with E-state index in [0.29, 0.717) is 10.0 Å². The van der Waals surface area contributed by atoms with Crippen molar-refractivity contribution in [1.82, 2.24) is 9.55 Å². The maximum absolute atomic E-state index is 6.09. The zero-order chi connectivity index (χ0) is 14.1. The van der Waals surface area contributed by atoms with Gasteiger partial charge in [-0.2, -0.15) is 0 Å². The lowest BCUT2D eigenvalue weighted by atomic mass is 9.86. The van der Waals surface area contributed by atoms with Crippen LogP contribution in [0.1, 0.15) is 44.3 Å². The fraction of sp³-hybridized carbons (Fsp3) is 0.562. The van der Waals surface area contributed by atoms with Gasteiger partial charge in [0, 0.05) is 13.5 Å². The summed E-state index contributed by atoms with van der Waals surface area (Å²) in [6.07, 6.45) is 9.30. The smallest absolute Gasteiger partial charge is 0.109 e. The molecule has 1 aromatic heterocycles. The maximum Gasteiger partial charge on any atom is 0.109 e. The van der Waals surface area contributed by atoms with Gasteiger partial charge >= 0.3 is 0 Å². The van der Waals surface area contributed by atoms with E-state index in [2.05, 4.69) is 11.6 Å². The molecule has 2 nitrogen and oxygen atoms in total. The number of benzene rings is 1. The minimum atomic E-state index is 0.580. The zero-order valence-corrected chi connectivity index (χ0v) is 13.3. The molecule has 0 radical (unpaired) electrons. The summed E-state index contributed by atoms with van der Waals surface area (Å²) in [5, 5.41) is 1.18. The first-order valence-electron chi connectivity index (χ1n) is 7.45. The van der Waals surface area contributed by atoms with E-state index < -0.39 is 0 Å². The van der Waals surface area contributed by atoms with Crippen LogP contribution in [0.2, 0.25) is 10.0 Å². The van der Waals surface area contributed by atoms with E-state index in [1.54, 1.807) is 0 Å². The van der Waals surface area contributed by atoms with Crippen molar-refractivity contribution in [2.24, 2.45) is 13.0 Å². The van der Waals surface area contributed by atoms with Crippen molar-refractivity contribution in [3.8, 4) is 0 Å². The number of fused-ring (bicyclic) bond motifs is 1. The van der Waals surface area contributed by atoms with Gasteiger partial charge in [-0.25, -0.2) is 4.98 Å². The third-order valence-electron chi connectivity index (χ3n) is 4.52. The number of halogens is 2. The first-order valence-corrected chi connectivity index (χ1v) is 8.21. The molecule has 0 spiro atoms. The third kappa shape index (κ3) is 2.82. The molecule has 4 heteroatoms. The van der Waals surface area contributed by atoms with Crippen molar-refractivity contribution in [2.75, 3.05) is 0 Å². The minimum Gasteiger partial charge on any atom is -0.331 e. The summed E-state index contributed by atoms with van der Waals surface area (Å²) in [5.74, 6) is 2.03. The highest BCUT2D eigenvalue weighted by atomic mass is 35.5. The molecule has 1 aliphatic rings. The van der Waals surface area contributed by atoms with Crippen LogP contribution in [0.15, 0.2) is 12.1 Å². The molecular weight excluding hydrogens is 291 g/mol. The maximum atomic E-state index is 6.09. The van der Waals surface area contributed by atoms with E-state index in [4.69, 9.17) is 28.2 Å². The Morgan fingerprint density at radius 1 is 1.15 bits per heavy atom. The predicted octanol–water partition coefficient (Wildman–Crippen LogP) is 5.39. The summed E-state index contributed by atoms with van der Waals surface area (Å²) in [6.45, 7) is 0. The van der Waals surface area contributed by atoms with Crippen LogP contribution in [0, 0.1) is 5.92 Å². The summed E-state index contributed by atoms with van der Waals surface area (Å²) in [5.41, 5.74) is 2.01. The van der Waals surface area contributed by atoms with Gasteiger partial charge in [0.15, 0.2) is 0 Å². The molecular formula is C16H20Cl2N2. The molecule has 3 rings (SSSR count). The fourth-order valence-corrected chi connectivity index (χ4v) is 3.59. The average Bonchev–Trinajstić information content (AvgIpc) is 2.75. The Kier molecular flexibility index (Phi) is 4.23. The first kappa shape index (κ1) is 14.2. The molecule has 1 aromatic carbocycles. The molecule has 0 aliphatic heterocycles. The van der Waals surface area contributed by atoms with Crippen LogP contribution < -0.4 is 0 Å². The SMILES string of the molecule is Cn1c(CCC2CCCCC2)nc2cc(Cl)c(Cl)cc21. The van der Waals surface area contributed by atoms with Crippen molar-refractivity contribution >= 4 is 34.2 Å². The summed E-state index contributed by atoms with van der Waals surface area (Å²) in [4.78, 5) is 4.72. The van der Waals surface area contributed by atoms with Crippen LogP contribution in [0.25, 0.3) is 11.0 Å². The molecule has 2 aromatic rings. The van der Waals surface area contributed by atoms with Gasteiger partial charge in [-0.15, -0.1) is 0 Å². The number of rotatable bonds is 3. The van der Waals surface area contributed by atoms with Crippen molar-refractivity contribution in [3.05, 3.63) is 28.0 Å². The van der Waals surface area contributed by atoms with E-state index in [9.17, 15) is 0 Å². The molecule has 1 fully saturated rings. The van der Waals surface area contributed by atoms with Crippen molar-refractivity contribution in [2.45, 2.75) is 44.9 Å². The quantitative estimate of drug-likeness (QED) is 0.743. The Balaban J connectivity index is 1.79. The highest BCUT2D eigenvalue weighted by Gasteiger charge is 2.16. The van der Waals surface area contributed by atoms with Crippen LogP contribution in [-0.2, 0) is 13.5 Å². The molecule has 0 atom stereocenters. The molecule has 0 bridgehead atoms. The zero-order valence-electron chi connectivity index (χ0n) is 11.8. The van der Waals surface area contributed by atoms with E-state index in [-0.39, 0.29) is 0 Å². The number of nitrogens with zero attached hydrogens (tertiary/aromatic N) is 2. The molecule has 1 heterocycles. The van der Waals surface area contributed by atoms with Gasteiger partial charge in [-0.05, 0) is 24.5 Å². The van der Waals surface area contributed by atoms with Crippen LogP contribution in [0.5, 0.6) is 0 Å². The number of imidazole rings is 1. The third-order valence-corrected chi connectivity index (χ3v) is 5.24. The second-order valence-electron chi connectivity index (χ2n) is 5.88. The van der Waals surface area contributed by atoms with Gasteiger partial charge in [0.05, 0.1) is 21.1 Å². The monoisotopic (exact) mass is 310 g/mol. The van der Waals surface area contributed by atoms with Gasteiger partial charge in [0.1, 0.15) is 5.82 Å². The Labute approximate surface area is 130 Å². The van der Waals surface area contributed by atoms with E-state index in [0.717, 1.165) is 29.2 Å². The standard InChI is InChI=1S/C16H20Cl2N2/c1-20-15-10-13(18)12(17)9-14(15)19-16(20)8-7-11-5-3-2-4-6-11/h9-11H,2-8H2,1H3. The summed E-state index contributed by atoms with van der Waals surface area (Å²) in [6, 6.07) is 3.78. The van der Waals surface area contributed by atoms with Gasteiger partial charge < -0.3 is 4.57 Å². The Morgan fingerprint density at radius 3 is 2.60 bits per heavy atom. The Bertz CT molecular complexity index is 612. The Morgan fingerprint density at radius 2 is 1.85 bits per heavy atom. The van der Waals surface area contributed by atoms with Crippen LogP contribution in [0.3, 0.4) is 0 Å². The molecule has 0 unspecified atom stereocenters.